The maximum Gasteiger partial charge on any atom is 0.237 e. The van der Waals surface area contributed by atoms with Gasteiger partial charge in [-0.2, -0.15) is 10.2 Å². The van der Waals surface area contributed by atoms with Gasteiger partial charge in [0.25, 0.3) is 0 Å². The highest BCUT2D eigenvalue weighted by molar-refractivity contribution is 5.64. The number of hydrogen-bond donors (Lipinski definition) is 0. The number of hydrogen-bond acceptors (Lipinski definition) is 7. The van der Waals surface area contributed by atoms with Gasteiger partial charge in [0, 0.05) is 24.0 Å². The fourth-order valence-corrected chi connectivity index (χ4v) is 4.38. The molecule has 4 heterocycles. The smallest absolute Gasteiger partial charge is 0.237 e. The molecule has 0 bridgehead atoms. The maximum absolute atomic E-state index is 9.27. The molecule has 0 spiro atoms. The minimum atomic E-state index is 0.0704. The second-order valence-corrected chi connectivity index (χ2v) is 8.06. The molecule has 4 aromatic rings. The lowest BCUT2D eigenvalue weighted by molar-refractivity contribution is 0.496. The number of anilines is 1. The lowest BCUT2D eigenvalue weighted by Crippen LogP contribution is -2.40. The zero-order valence-corrected chi connectivity index (χ0v) is 18.4. The molecule has 1 aromatic carbocycles. The van der Waals surface area contributed by atoms with Crippen molar-refractivity contribution in [3.63, 3.8) is 0 Å². The number of nitrogens with zero attached hydrogens (tertiary/aromatic N) is 9. The normalized spacial score (nSPS) is 14.9. The Balaban J connectivity index is 1.69. The third-order valence-corrected chi connectivity index (χ3v) is 5.76. The summed E-state index contributed by atoms with van der Waals surface area (Å²) in [6.45, 7) is 8.41. The van der Waals surface area contributed by atoms with Crippen molar-refractivity contribution in [3.05, 3.63) is 60.1 Å². The highest BCUT2D eigenvalue weighted by Crippen LogP contribution is 2.40. The Labute approximate surface area is 186 Å². The number of aromatic nitrogens is 7. The summed E-state index contributed by atoms with van der Waals surface area (Å²) >= 11 is 0. The van der Waals surface area contributed by atoms with Crippen molar-refractivity contribution in [1.82, 2.24) is 34.3 Å². The predicted octanol–water partition coefficient (Wildman–Crippen LogP) is 3.77. The monoisotopic (exact) mass is 425 g/mol. The predicted molar refractivity (Wildman–Crippen MR) is 120 cm³/mol. The van der Waals surface area contributed by atoms with Crippen molar-refractivity contribution >= 4 is 5.82 Å². The molecule has 1 aliphatic heterocycles. The van der Waals surface area contributed by atoms with Crippen molar-refractivity contribution in [3.8, 4) is 29.1 Å². The van der Waals surface area contributed by atoms with Crippen LogP contribution in [0.5, 0.6) is 0 Å². The van der Waals surface area contributed by atoms with E-state index < -0.39 is 0 Å². The van der Waals surface area contributed by atoms with Crippen LogP contribution in [0.2, 0.25) is 0 Å². The Morgan fingerprint density at radius 1 is 1.19 bits per heavy atom. The van der Waals surface area contributed by atoms with E-state index in [-0.39, 0.29) is 12.1 Å². The molecule has 0 saturated heterocycles. The molecule has 0 aliphatic carbocycles. The van der Waals surface area contributed by atoms with Gasteiger partial charge in [0.15, 0.2) is 11.6 Å². The lowest BCUT2D eigenvalue weighted by Gasteiger charge is -2.39. The van der Waals surface area contributed by atoms with E-state index in [0.29, 0.717) is 17.3 Å². The molecule has 0 N–H and O–H groups in total. The highest BCUT2D eigenvalue weighted by atomic mass is 15.4. The third-order valence-electron chi connectivity index (χ3n) is 5.76. The number of rotatable bonds is 4. The van der Waals surface area contributed by atoms with Crippen LogP contribution in [0.15, 0.2) is 42.9 Å². The molecule has 160 valence electrons. The van der Waals surface area contributed by atoms with E-state index >= 15 is 0 Å². The summed E-state index contributed by atoms with van der Waals surface area (Å²) in [7, 11) is 0. The standard InChI is InChI=1S/C23H23N9/c1-5-18-22-29-28-15(4)32(22)19-13-26-23(27-21(19)31(18)14(2)3)30-10-9-25-20(30)17-8-6-7-16(11-17)12-24/h6-11,13-14,18H,5H2,1-4H3. The molecule has 9 heteroatoms. The summed E-state index contributed by atoms with van der Waals surface area (Å²) in [5.41, 5.74) is 2.29. The summed E-state index contributed by atoms with van der Waals surface area (Å²) in [4.78, 5) is 16.5. The van der Waals surface area contributed by atoms with Gasteiger partial charge in [-0.25, -0.2) is 9.97 Å². The van der Waals surface area contributed by atoms with Gasteiger partial charge in [-0.1, -0.05) is 19.1 Å². The molecule has 1 aliphatic rings. The topological polar surface area (TPSA) is 101 Å². The van der Waals surface area contributed by atoms with Gasteiger partial charge in [-0.05, 0) is 39.3 Å². The summed E-state index contributed by atoms with van der Waals surface area (Å²) in [5.74, 6) is 3.78. The quantitative estimate of drug-likeness (QED) is 0.490. The first-order chi connectivity index (χ1) is 15.5. The van der Waals surface area contributed by atoms with Crippen molar-refractivity contribution in [2.75, 3.05) is 4.90 Å². The van der Waals surface area contributed by atoms with Gasteiger partial charge in [-0.15, -0.1) is 10.2 Å². The zero-order valence-electron chi connectivity index (χ0n) is 18.4. The van der Waals surface area contributed by atoms with E-state index in [0.717, 1.165) is 35.1 Å². The van der Waals surface area contributed by atoms with Crippen LogP contribution >= 0.6 is 0 Å². The van der Waals surface area contributed by atoms with Gasteiger partial charge in [0.05, 0.1) is 23.9 Å². The van der Waals surface area contributed by atoms with E-state index in [4.69, 9.17) is 4.98 Å². The van der Waals surface area contributed by atoms with Crippen molar-refractivity contribution in [2.45, 2.75) is 46.2 Å². The zero-order chi connectivity index (χ0) is 22.4. The molecular weight excluding hydrogens is 402 g/mol. The first-order valence-electron chi connectivity index (χ1n) is 10.6. The Hall–Kier alpha value is -4.06. The summed E-state index contributed by atoms with van der Waals surface area (Å²) in [6.07, 6.45) is 6.26. The summed E-state index contributed by atoms with van der Waals surface area (Å²) < 4.78 is 3.90. The molecule has 0 amide bonds. The van der Waals surface area contributed by atoms with E-state index in [1.165, 1.54) is 0 Å². The average Bonchev–Trinajstić information content (AvgIpc) is 3.45. The molecule has 3 aromatic heterocycles. The Morgan fingerprint density at radius 3 is 2.78 bits per heavy atom. The molecule has 9 nitrogen and oxygen atoms in total. The third kappa shape index (κ3) is 2.95. The number of fused-ring (bicyclic) bond motifs is 3. The van der Waals surface area contributed by atoms with Crippen LogP contribution in [0.1, 0.15) is 50.4 Å². The largest absolute Gasteiger partial charge is 0.342 e. The fourth-order valence-electron chi connectivity index (χ4n) is 4.38. The molecular formula is C23H23N9. The first kappa shape index (κ1) is 19.9. The van der Waals surface area contributed by atoms with Crippen molar-refractivity contribution in [1.29, 1.82) is 5.26 Å². The molecule has 0 fully saturated rings. The van der Waals surface area contributed by atoms with Crippen LogP contribution in [0.25, 0.3) is 23.0 Å². The Bertz CT molecular complexity index is 1340. The average molecular weight is 426 g/mol. The minimum Gasteiger partial charge on any atom is -0.342 e. The minimum absolute atomic E-state index is 0.0704. The Kier molecular flexibility index (Phi) is 4.70. The van der Waals surface area contributed by atoms with Gasteiger partial charge in [0.1, 0.15) is 17.3 Å². The summed E-state index contributed by atoms with van der Waals surface area (Å²) in [6, 6.07) is 9.83. The second-order valence-electron chi connectivity index (χ2n) is 8.06. The van der Waals surface area contributed by atoms with Crippen LogP contribution in [-0.4, -0.2) is 40.3 Å². The van der Waals surface area contributed by atoms with E-state index in [1.54, 1.807) is 12.3 Å². The lowest BCUT2D eigenvalue weighted by atomic mass is 10.1. The SMILES string of the molecule is CCC1c2nnc(C)n2-c2cnc(-n3ccnc3-c3cccc(C#N)c3)nc2N1C(C)C. The molecule has 5 rings (SSSR count). The number of nitriles is 1. The van der Waals surface area contributed by atoms with Crippen LogP contribution in [0.3, 0.4) is 0 Å². The fraction of sp³-hybridized carbons (Fsp3) is 0.304. The van der Waals surface area contributed by atoms with Crippen LogP contribution in [-0.2, 0) is 0 Å². The van der Waals surface area contributed by atoms with Crippen LogP contribution in [0, 0.1) is 18.3 Å². The maximum atomic E-state index is 9.27. The van der Waals surface area contributed by atoms with Crippen LogP contribution in [0.4, 0.5) is 5.82 Å². The molecule has 0 radical (unpaired) electrons. The van der Waals surface area contributed by atoms with Crippen LogP contribution < -0.4 is 4.90 Å². The van der Waals surface area contributed by atoms with Gasteiger partial charge in [-0.3, -0.25) is 9.13 Å². The molecule has 0 saturated carbocycles. The molecule has 1 atom stereocenters. The number of aryl methyl sites for hydroxylation is 1. The summed E-state index contributed by atoms with van der Waals surface area (Å²) in [5, 5.41) is 18.0. The van der Waals surface area contributed by atoms with E-state index in [1.807, 2.05) is 42.1 Å². The van der Waals surface area contributed by atoms with Gasteiger partial charge in [0.2, 0.25) is 5.95 Å². The first-order valence-corrected chi connectivity index (χ1v) is 10.6. The highest BCUT2D eigenvalue weighted by Gasteiger charge is 2.36. The van der Waals surface area contributed by atoms with E-state index in [9.17, 15) is 5.26 Å². The van der Waals surface area contributed by atoms with Crippen molar-refractivity contribution in [2.24, 2.45) is 0 Å². The molecule has 32 heavy (non-hydrogen) atoms. The number of benzene rings is 1. The molecule has 1 unspecified atom stereocenters. The van der Waals surface area contributed by atoms with Gasteiger partial charge < -0.3 is 4.90 Å². The second kappa shape index (κ2) is 7.57. The van der Waals surface area contributed by atoms with Crippen molar-refractivity contribution < 1.29 is 0 Å². The van der Waals surface area contributed by atoms with Gasteiger partial charge >= 0.3 is 0 Å². The van der Waals surface area contributed by atoms with E-state index in [2.05, 4.69) is 56.5 Å². The number of imidazole rings is 1. The Morgan fingerprint density at radius 2 is 2.03 bits per heavy atom.